The minimum atomic E-state index is -0.789. The molecule has 1 N–H and O–H groups in total. The fourth-order valence-corrected chi connectivity index (χ4v) is 2.66. The normalized spacial score (nSPS) is 16.6. The van der Waals surface area contributed by atoms with E-state index in [0.717, 1.165) is 4.90 Å². The van der Waals surface area contributed by atoms with Crippen LogP contribution in [0, 0.1) is 0 Å². The molecule has 1 saturated heterocycles. The second kappa shape index (κ2) is 7.07. The Morgan fingerprint density at radius 1 is 0.962 bits per heavy atom. The SMILES string of the molecule is COc1ccc(/C=C2\C(=O)NC(=O)N(C(C)(C)C)C2=O)c(OC)c1OC. The fraction of sp³-hybridized carbons (Fsp3) is 0.389. The number of amides is 4. The van der Waals surface area contributed by atoms with Crippen molar-refractivity contribution in [3.63, 3.8) is 0 Å². The quantitative estimate of drug-likeness (QED) is 0.650. The van der Waals surface area contributed by atoms with Gasteiger partial charge in [-0.1, -0.05) is 0 Å². The maximum Gasteiger partial charge on any atom is 0.331 e. The Morgan fingerprint density at radius 3 is 2.08 bits per heavy atom. The molecular formula is C18H22N2O6. The number of rotatable bonds is 4. The van der Waals surface area contributed by atoms with Crippen molar-refractivity contribution in [3.05, 3.63) is 23.3 Å². The summed E-state index contributed by atoms with van der Waals surface area (Å²) in [5.74, 6) is -0.367. The first-order chi connectivity index (χ1) is 12.1. The largest absolute Gasteiger partial charge is 0.493 e. The number of nitrogens with one attached hydrogen (secondary N) is 1. The minimum absolute atomic E-state index is 0.176. The maximum absolute atomic E-state index is 12.8. The Kier molecular flexibility index (Phi) is 5.25. The lowest BCUT2D eigenvalue weighted by Crippen LogP contribution is -2.60. The number of ether oxygens (including phenoxy) is 3. The van der Waals surface area contributed by atoms with E-state index in [9.17, 15) is 14.4 Å². The van der Waals surface area contributed by atoms with E-state index in [2.05, 4.69) is 5.32 Å². The lowest BCUT2D eigenvalue weighted by Gasteiger charge is -2.36. The smallest absolute Gasteiger partial charge is 0.331 e. The van der Waals surface area contributed by atoms with Gasteiger partial charge in [-0.15, -0.1) is 0 Å². The number of carbonyl (C=O) groups is 3. The number of hydrogen-bond acceptors (Lipinski definition) is 6. The van der Waals surface area contributed by atoms with Gasteiger partial charge in [-0.25, -0.2) is 4.79 Å². The average Bonchev–Trinajstić information content (AvgIpc) is 2.55. The van der Waals surface area contributed by atoms with Gasteiger partial charge in [0.15, 0.2) is 11.5 Å². The zero-order valence-corrected chi connectivity index (χ0v) is 15.6. The van der Waals surface area contributed by atoms with E-state index in [1.807, 2.05) is 0 Å². The molecule has 0 aromatic heterocycles. The number of nitrogens with zero attached hydrogens (tertiary/aromatic N) is 1. The number of hydrogen-bond donors (Lipinski definition) is 1. The number of imide groups is 2. The van der Waals surface area contributed by atoms with Gasteiger partial charge < -0.3 is 14.2 Å². The van der Waals surface area contributed by atoms with Crippen LogP contribution in [0.2, 0.25) is 0 Å². The van der Waals surface area contributed by atoms with Crippen LogP contribution in [0.1, 0.15) is 26.3 Å². The van der Waals surface area contributed by atoms with E-state index in [1.54, 1.807) is 32.9 Å². The van der Waals surface area contributed by atoms with Gasteiger partial charge in [0.25, 0.3) is 11.8 Å². The van der Waals surface area contributed by atoms with Crippen molar-refractivity contribution in [1.82, 2.24) is 10.2 Å². The summed E-state index contributed by atoms with van der Waals surface area (Å²) in [6.07, 6.45) is 1.36. The molecule has 1 aromatic carbocycles. The predicted octanol–water partition coefficient (Wildman–Crippen LogP) is 1.97. The maximum atomic E-state index is 12.8. The van der Waals surface area contributed by atoms with Gasteiger partial charge in [0.05, 0.1) is 21.3 Å². The van der Waals surface area contributed by atoms with Crippen molar-refractivity contribution >= 4 is 23.9 Å². The third-order valence-electron chi connectivity index (χ3n) is 3.81. The van der Waals surface area contributed by atoms with Gasteiger partial charge in [-0.3, -0.25) is 19.8 Å². The van der Waals surface area contributed by atoms with Crippen LogP contribution in [-0.2, 0) is 9.59 Å². The molecule has 0 bridgehead atoms. The molecule has 0 spiro atoms. The van der Waals surface area contributed by atoms with Crippen LogP contribution < -0.4 is 19.5 Å². The molecule has 4 amide bonds. The Hall–Kier alpha value is -3.03. The molecule has 8 heteroatoms. The lowest BCUT2D eigenvalue weighted by molar-refractivity contribution is -0.133. The number of methoxy groups -OCH3 is 3. The summed E-state index contributed by atoms with van der Waals surface area (Å²) < 4.78 is 15.9. The number of carbonyl (C=O) groups excluding carboxylic acids is 3. The van der Waals surface area contributed by atoms with E-state index in [0.29, 0.717) is 22.8 Å². The van der Waals surface area contributed by atoms with Gasteiger partial charge in [0.2, 0.25) is 5.75 Å². The summed E-state index contributed by atoms with van der Waals surface area (Å²) in [6.45, 7) is 5.11. The molecule has 0 aliphatic carbocycles. The first kappa shape index (κ1) is 19.3. The van der Waals surface area contributed by atoms with Gasteiger partial charge in [-0.05, 0) is 39.0 Å². The van der Waals surface area contributed by atoms with E-state index in [1.165, 1.54) is 27.4 Å². The monoisotopic (exact) mass is 362 g/mol. The van der Waals surface area contributed by atoms with Crippen LogP contribution in [-0.4, -0.2) is 49.6 Å². The highest BCUT2D eigenvalue weighted by Crippen LogP contribution is 2.40. The molecule has 1 aromatic rings. The third kappa shape index (κ3) is 3.35. The summed E-state index contributed by atoms with van der Waals surface area (Å²) in [7, 11) is 4.38. The topological polar surface area (TPSA) is 94.2 Å². The first-order valence-corrected chi connectivity index (χ1v) is 7.86. The summed E-state index contributed by atoms with van der Waals surface area (Å²) in [4.78, 5) is 38.0. The molecule has 0 saturated carbocycles. The summed E-state index contributed by atoms with van der Waals surface area (Å²) in [6, 6.07) is 2.51. The summed E-state index contributed by atoms with van der Waals surface area (Å²) in [5, 5.41) is 2.19. The van der Waals surface area contributed by atoms with E-state index in [-0.39, 0.29) is 5.57 Å². The van der Waals surface area contributed by atoms with Crippen molar-refractivity contribution in [2.45, 2.75) is 26.3 Å². The van der Waals surface area contributed by atoms with E-state index < -0.39 is 23.4 Å². The molecule has 1 heterocycles. The van der Waals surface area contributed by atoms with Crippen molar-refractivity contribution in [2.75, 3.05) is 21.3 Å². The van der Waals surface area contributed by atoms with Crippen molar-refractivity contribution in [3.8, 4) is 17.2 Å². The predicted molar refractivity (Wildman–Crippen MR) is 94.2 cm³/mol. The van der Waals surface area contributed by atoms with Crippen molar-refractivity contribution in [1.29, 1.82) is 0 Å². The van der Waals surface area contributed by atoms with Crippen molar-refractivity contribution in [2.24, 2.45) is 0 Å². The first-order valence-electron chi connectivity index (χ1n) is 7.86. The molecule has 0 radical (unpaired) electrons. The zero-order chi connectivity index (χ0) is 19.6. The molecule has 8 nitrogen and oxygen atoms in total. The van der Waals surface area contributed by atoms with E-state index >= 15 is 0 Å². The van der Waals surface area contributed by atoms with Crippen LogP contribution in [0.4, 0.5) is 4.79 Å². The standard InChI is InChI=1S/C18H22N2O6/c1-18(2,3)20-16(22)11(15(21)19-17(20)23)9-10-7-8-12(24-4)14(26-6)13(10)25-5/h7-9H,1-6H3,(H,19,21,23)/b11-9+. The molecule has 1 aliphatic rings. The fourth-order valence-electron chi connectivity index (χ4n) is 2.66. The van der Waals surface area contributed by atoms with Crippen molar-refractivity contribution < 1.29 is 28.6 Å². The molecule has 1 aliphatic heterocycles. The summed E-state index contributed by atoms with van der Waals surface area (Å²) in [5.41, 5.74) is -0.528. The highest BCUT2D eigenvalue weighted by Gasteiger charge is 2.41. The number of benzene rings is 1. The van der Waals surface area contributed by atoms with Gasteiger partial charge in [0, 0.05) is 11.1 Å². The average molecular weight is 362 g/mol. The number of urea groups is 1. The molecule has 140 valence electrons. The van der Waals surface area contributed by atoms with Gasteiger partial charge in [0.1, 0.15) is 5.57 Å². The van der Waals surface area contributed by atoms with Gasteiger partial charge >= 0.3 is 6.03 Å². The third-order valence-corrected chi connectivity index (χ3v) is 3.81. The summed E-state index contributed by atoms with van der Waals surface area (Å²) >= 11 is 0. The highest BCUT2D eigenvalue weighted by atomic mass is 16.5. The van der Waals surface area contributed by atoms with Crippen LogP contribution in [0.15, 0.2) is 17.7 Å². The highest BCUT2D eigenvalue weighted by molar-refractivity contribution is 6.31. The molecule has 0 atom stereocenters. The second-order valence-electron chi connectivity index (χ2n) is 6.55. The minimum Gasteiger partial charge on any atom is -0.493 e. The van der Waals surface area contributed by atoms with Crippen LogP contribution in [0.25, 0.3) is 6.08 Å². The Bertz CT molecular complexity index is 792. The van der Waals surface area contributed by atoms with Gasteiger partial charge in [-0.2, -0.15) is 0 Å². The van der Waals surface area contributed by atoms with Crippen LogP contribution in [0.3, 0.4) is 0 Å². The molecule has 0 unspecified atom stereocenters. The molecule has 26 heavy (non-hydrogen) atoms. The molecule has 1 fully saturated rings. The molecule has 2 rings (SSSR count). The Morgan fingerprint density at radius 2 is 1.58 bits per heavy atom. The zero-order valence-electron chi connectivity index (χ0n) is 15.6. The molecular weight excluding hydrogens is 340 g/mol. The number of barbiturate groups is 1. The second-order valence-corrected chi connectivity index (χ2v) is 6.55. The van der Waals surface area contributed by atoms with Crippen LogP contribution in [0.5, 0.6) is 17.2 Å². The Labute approximate surface area is 151 Å². The van der Waals surface area contributed by atoms with Crippen LogP contribution >= 0.6 is 0 Å². The lowest BCUT2D eigenvalue weighted by atomic mass is 10.0. The Balaban J connectivity index is 2.59. The van der Waals surface area contributed by atoms with E-state index in [4.69, 9.17) is 14.2 Å².